The standard InChI is InChI=1S/C23H20BrNO3.C2H6.CH2O2/c1-27-19-13-25-14-20-21(19)22(26)12-11-18(15-5-3-2-4-6-15)23(22,28-20)16-7-9-17(24)10-8-16;1-2;2-1-3/h2-10,13-14,18,26H,11-12H2,1H3;1-2H3;1H,(H,2,3). The van der Waals surface area contributed by atoms with E-state index < -0.39 is 11.2 Å². The van der Waals surface area contributed by atoms with E-state index >= 15 is 0 Å². The van der Waals surface area contributed by atoms with Crippen molar-refractivity contribution in [1.82, 2.24) is 4.98 Å². The number of aromatic nitrogens is 1. The Morgan fingerprint density at radius 2 is 1.76 bits per heavy atom. The van der Waals surface area contributed by atoms with Gasteiger partial charge >= 0.3 is 0 Å². The second-order valence-electron chi connectivity index (χ2n) is 7.53. The van der Waals surface area contributed by atoms with Crippen molar-refractivity contribution in [3.63, 3.8) is 0 Å². The molecule has 0 spiro atoms. The van der Waals surface area contributed by atoms with Crippen LogP contribution in [-0.2, 0) is 16.0 Å². The molecule has 2 aliphatic rings. The molecule has 2 aromatic carbocycles. The van der Waals surface area contributed by atoms with E-state index in [1.807, 2.05) is 56.3 Å². The summed E-state index contributed by atoms with van der Waals surface area (Å²) in [7, 11) is 1.60. The number of ether oxygens (including phenoxy) is 2. The molecule has 1 aliphatic heterocycles. The number of halogens is 1. The topological polar surface area (TPSA) is 88.9 Å². The quantitative estimate of drug-likeness (QED) is 0.441. The van der Waals surface area contributed by atoms with E-state index in [9.17, 15) is 5.11 Å². The first-order chi connectivity index (χ1) is 16.0. The molecule has 0 amide bonds. The zero-order valence-electron chi connectivity index (χ0n) is 18.9. The summed E-state index contributed by atoms with van der Waals surface area (Å²) in [4.78, 5) is 12.6. The van der Waals surface area contributed by atoms with Crippen LogP contribution < -0.4 is 9.47 Å². The van der Waals surface area contributed by atoms with Crippen LogP contribution >= 0.6 is 15.9 Å². The summed E-state index contributed by atoms with van der Waals surface area (Å²) in [6.07, 6.45) is 4.71. The van der Waals surface area contributed by atoms with E-state index in [4.69, 9.17) is 19.4 Å². The zero-order valence-corrected chi connectivity index (χ0v) is 20.5. The molecule has 5 rings (SSSR count). The number of rotatable bonds is 3. The lowest BCUT2D eigenvalue weighted by molar-refractivity contribution is -0.122. The Kier molecular flexibility index (Phi) is 7.76. The van der Waals surface area contributed by atoms with Crippen LogP contribution in [0.2, 0.25) is 0 Å². The molecular formula is C26H28BrNO5. The third kappa shape index (κ3) is 4.00. The average Bonchev–Trinajstić information content (AvgIpc) is 3.29. The summed E-state index contributed by atoms with van der Waals surface area (Å²) in [5, 5.41) is 19.0. The van der Waals surface area contributed by atoms with E-state index in [0.717, 1.165) is 22.0 Å². The van der Waals surface area contributed by atoms with Gasteiger partial charge in [-0.05, 0) is 36.1 Å². The third-order valence-electron chi connectivity index (χ3n) is 6.16. The van der Waals surface area contributed by atoms with Gasteiger partial charge in [0.15, 0.2) is 5.60 Å². The van der Waals surface area contributed by atoms with Gasteiger partial charge in [-0.25, -0.2) is 0 Å². The molecule has 3 atom stereocenters. The highest BCUT2D eigenvalue weighted by molar-refractivity contribution is 9.10. The minimum Gasteiger partial charge on any atom is -0.495 e. The maximum absolute atomic E-state index is 12.2. The largest absolute Gasteiger partial charge is 0.495 e. The first-order valence-electron chi connectivity index (χ1n) is 10.8. The molecule has 3 aromatic rings. The smallest absolute Gasteiger partial charge is 0.290 e. The first kappa shape index (κ1) is 24.7. The molecule has 7 heteroatoms. The molecule has 174 valence electrons. The third-order valence-corrected chi connectivity index (χ3v) is 6.68. The number of pyridine rings is 1. The maximum Gasteiger partial charge on any atom is 0.290 e. The van der Waals surface area contributed by atoms with Crippen LogP contribution in [0.25, 0.3) is 0 Å². The fourth-order valence-electron chi connectivity index (χ4n) is 5.02. The number of fused-ring (bicyclic) bond motifs is 3. The lowest BCUT2D eigenvalue weighted by atomic mass is 9.72. The van der Waals surface area contributed by atoms with Crippen molar-refractivity contribution in [3.05, 3.63) is 88.2 Å². The fourth-order valence-corrected chi connectivity index (χ4v) is 5.28. The number of nitrogens with zero attached hydrogens (tertiary/aromatic N) is 1. The highest BCUT2D eigenvalue weighted by atomic mass is 79.9. The van der Waals surface area contributed by atoms with Gasteiger partial charge < -0.3 is 19.7 Å². The summed E-state index contributed by atoms with van der Waals surface area (Å²) >= 11 is 3.52. The summed E-state index contributed by atoms with van der Waals surface area (Å²) in [6, 6.07) is 18.3. The monoisotopic (exact) mass is 513 g/mol. The average molecular weight is 514 g/mol. The van der Waals surface area contributed by atoms with Crippen molar-refractivity contribution < 1.29 is 24.5 Å². The SMILES string of the molecule is CC.COc1cncc2c1C1(O)CCC(c3ccccc3)C1(c1ccc(Br)cc1)O2.O=CO. The summed E-state index contributed by atoms with van der Waals surface area (Å²) in [5.74, 6) is 1.15. The molecule has 3 unspecified atom stereocenters. The molecule has 2 N–H and O–H groups in total. The maximum atomic E-state index is 12.2. The van der Waals surface area contributed by atoms with Crippen LogP contribution in [-0.4, -0.2) is 28.8 Å². The van der Waals surface area contributed by atoms with Crippen LogP contribution in [0.4, 0.5) is 0 Å². The Bertz CT molecular complexity index is 1080. The van der Waals surface area contributed by atoms with Gasteiger partial charge in [0.25, 0.3) is 6.47 Å². The summed E-state index contributed by atoms with van der Waals surface area (Å²) < 4.78 is 13.2. The Balaban J connectivity index is 0.000000569. The van der Waals surface area contributed by atoms with Gasteiger partial charge in [0.1, 0.15) is 17.1 Å². The fraction of sp³-hybridized carbons (Fsp3) is 0.308. The Hall–Kier alpha value is -2.90. The molecule has 2 heterocycles. The summed E-state index contributed by atoms with van der Waals surface area (Å²) in [5.41, 5.74) is 0.661. The van der Waals surface area contributed by atoms with Crippen molar-refractivity contribution in [3.8, 4) is 11.5 Å². The van der Waals surface area contributed by atoms with Crippen LogP contribution in [0.5, 0.6) is 11.5 Å². The molecule has 1 aliphatic carbocycles. The van der Waals surface area contributed by atoms with Crippen molar-refractivity contribution >= 4 is 22.4 Å². The molecule has 33 heavy (non-hydrogen) atoms. The van der Waals surface area contributed by atoms with Crippen LogP contribution in [0.15, 0.2) is 71.5 Å². The summed E-state index contributed by atoms with van der Waals surface area (Å²) in [6.45, 7) is 3.75. The minimum atomic E-state index is -1.20. The van der Waals surface area contributed by atoms with Gasteiger partial charge in [0.05, 0.1) is 25.1 Å². The molecule has 1 saturated carbocycles. The molecule has 6 nitrogen and oxygen atoms in total. The lowest BCUT2D eigenvalue weighted by Crippen LogP contribution is -2.48. The van der Waals surface area contributed by atoms with E-state index in [0.29, 0.717) is 23.5 Å². The highest BCUT2D eigenvalue weighted by Gasteiger charge is 2.69. The first-order valence-corrected chi connectivity index (χ1v) is 11.6. The Morgan fingerprint density at radius 1 is 1.12 bits per heavy atom. The Labute approximate surface area is 202 Å². The molecule has 0 saturated heterocycles. The van der Waals surface area contributed by atoms with Gasteiger partial charge in [-0.1, -0.05) is 72.2 Å². The van der Waals surface area contributed by atoms with Crippen molar-refractivity contribution in [2.45, 2.75) is 43.8 Å². The zero-order chi connectivity index (χ0) is 24.1. The van der Waals surface area contributed by atoms with Gasteiger partial charge in [-0.3, -0.25) is 9.78 Å². The molecule has 0 radical (unpaired) electrons. The van der Waals surface area contributed by atoms with Crippen LogP contribution in [0.1, 0.15) is 49.3 Å². The lowest BCUT2D eigenvalue weighted by Gasteiger charge is -2.40. The number of carboxylic acid groups (broad SMARTS) is 1. The number of aliphatic hydroxyl groups is 1. The number of hydrogen-bond donors (Lipinski definition) is 2. The minimum absolute atomic E-state index is 0.00279. The Morgan fingerprint density at radius 3 is 2.36 bits per heavy atom. The van der Waals surface area contributed by atoms with Gasteiger partial charge in [0, 0.05) is 10.4 Å². The van der Waals surface area contributed by atoms with Crippen molar-refractivity contribution in [2.75, 3.05) is 7.11 Å². The van der Waals surface area contributed by atoms with Gasteiger partial charge in [-0.2, -0.15) is 0 Å². The second kappa shape index (κ2) is 10.4. The van der Waals surface area contributed by atoms with Crippen molar-refractivity contribution in [1.29, 1.82) is 0 Å². The molecular weight excluding hydrogens is 486 g/mol. The number of hydrogen-bond acceptors (Lipinski definition) is 5. The number of carbonyl (C=O) groups is 1. The van der Waals surface area contributed by atoms with E-state index in [-0.39, 0.29) is 12.4 Å². The van der Waals surface area contributed by atoms with Crippen LogP contribution in [0, 0.1) is 0 Å². The van der Waals surface area contributed by atoms with Gasteiger partial charge in [-0.15, -0.1) is 0 Å². The normalized spacial score (nSPS) is 24.1. The molecule has 1 fully saturated rings. The number of methoxy groups -OCH3 is 1. The van der Waals surface area contributed by atoms with E-state index in [2.05, 4.69) is 33.0 Å². The van der Waals surface area contributed by atoms with E-state index in [1.165, 1.54) is 0 Å². The van der Waals surface area contributed by atoms with Gasteiger partial charge in [0.2, 0.25) is 0 Å². The highest BCUT2D eigenvalue weighted by Crippen LogP contribution is 2.67. The second-order valence-corrected chi connectivity index (χ2v) is 8.44. The molecule has 0 bridgehead atoms. The predicted molar refractivity (Wildman–Crippen MR) is 130 cm³/mol. The predicted octanol–water partition coefficient (Wildman–Crippen LogP) is 5.63. The van der Waals surface area contributed by atoms with Crippen molar-refractivity contribution in [2.24, 2.45) is 0 Å². The van der Waals surface area contributed by atoms with Crippen LogP contribution in [0.3, 0.4) is 0 Å². The molecule has 1 aromatic heterocycles. The number of benzene rings is 2. The van der Waals surface area contributed by atoms with E-state index in [1.54, 1.807) is 19.5 Å².